The predicted molar refractivity (Wildman–Crippen MR) is 96.7 cm³/mol. The number of carbonyl (C=O) groups is 1. The molecule has 0 saturated carbocycles. The first-order valence-electron chi connectivity index (χ1n) is 8.45. The molecule has 0 unspecified atom stereocenters. The quantitative estimate of drug-likeness (QED) is 0.840. The summed E-state index contributed by atoms with van der Waals surface area (Å²) in [5.41, 5.74) is 11.9. The van der Waals surface area contributed by atoms with Crippen LogP contribution in [0.3, 0.4) is 0 Å². The Labute approximate surface area is 139 Å². The highest BCUT2D eigenvalue weighted by atomic mass is 16.1. The van der Waals surface area contributed by atoms with Crippen LogP contribution in [0.4, 0.5) is 0 Å². The molecule has 1 aromatic heterocycles. The highest BCUT2D eigenvalue weighted by Crippen LogP contribution is 2.33. The molecule has 0 aliphatic rings. The summed E-state index contributed by atoms with van der Waals surface area (Å²) in [7, 11) is 0. The van der Waals surface area contributed by atoms with Gasteiger partial charge in [-0.25, -0.2) is 0 Å². The van der Waals surface area contributed by atoms with Gasteiger partial charge in [0.25, 0.3) is 5.91 Å². The molecule has 0 spiro atoms. The van der Waals surface area contributed by atoms with E-state index in [9.17, 15) is 4.79 Å². The van der Waals surface area contributed by atoms with E-state index < -0.39 is 0 Å². The monoisotopic (exact) mass is 312 g/mol. The van der Waals surface area contributed by atoms with Crippen molar-refractivity contribution in [3.63, 3.8) is 0 Å². The summed E-state index contributed by atoms with van der Waals surface area (Å²) < 4.78 is 2.29. The van der Waals surface area contributed by atoms with E-state index in [2.05, 4.69) is 56.5 Å². The van der Waals surface area contributed by atoms with Gasteiger partial charge in [0.2, 0.25) is 0 Å². The molecule has 2 N–H and O–H groups in total. The molecule has 0 aliphatic heterocycles. The summed E-state index contributed by atoms with van der Waals surface area (Å²) in [6.45, 7) is 11.6. The van der Waals surface area contributed by atoms with Crippen LogP contribution in [-0.4, -0.2) is 10.5 Å². The van der Waals surface area contributed by atoms with Crippen LogP contribution in [0.1, 0.15) is 54.5 Å². The van der Waals surface area contributed by atoms with E-state index in [1.165, 1.54) is 11.3 Å². The standard InChI is InChI=1S/C20H28N2O/c1-6-17-19(16-9-7-14(4)8-10-16)18(20(21)23)15(5)22(17)12-11-13(2)3/h7-10,13H,6,11-12H2,1-5H3,(H2,21,23). The van der Waals surface area contributed by atoms with Gasteiger partial charge in [-0.2, -0.15) is 0 Å². The van der Waals surface area contributed by atoms with E-state index >= 15 is 0 Å². The zero-order valence-electron chi connectivity index (χ0n) is 14.9. The topological polar surface area (TPSA) is 48.0 Å². The normalized spacial score (nSPS) is 11.2. The molecule has 124 valence electrons. The largest absolute Gasteiger partial charge is 0.366 e. The Kier molecular flexibility index (Phi) is 5.30. The predicted octanol–water partition coefficient (Wildman–Crippen LogP) is 4.48. The second-order valence-corrected chi connectivity index (χ2v) is 6.70. The number of aryl methyl sites for hydroxylation is 1. The first-order chi connectivity index (χ1) is 10.9. The fraction of sp³-hybridized carbons (Fsp3) is 0.450. The number of benzene rings is 1. The van der Waals surface area contributed by atoms with Crippen LogP contribution in [0.2, 0.25) is 0 Å². The molecule has 0 bridgehead atoms. The summed E-state index contributed by atoms with van der Waals surface area (Å²) >= 11 is 0. The van der Waals surface area contributed by atoms with Gasteiger partial charge in [0.15, 0.2) is 0 Å². The third-order valence-electron chi connectivity index (χ3n) is 4.48. The fourth-order valence-electron chi connectivity index (χ4n) is 3.19. The first kappa shape index (κ1) is 17.3. The Morgan fingerprint density at radius 3 is 2.26 bits per heavy atom. The molecule has 3 heteroatoms. The van der Waals surface area contributed by atoms with Crippen molar-refractivity contribution in [2.24, 2.45) is 11.7 Å². The molecule has 2 aromatic rings. The van der Waals surface area contributed by atoms with Crippen molar-refractivity contribution in [2.75, 3.05) is 0 Å². The van der Waals surface area contributed by atoms with Gasteiger partial charge in [-0.1, -0.05) is 50.6 Å². The second-order valence-electron chi connectivity index (χ2n) is 6.70. The molecule has 0 atom stereocenters. The molecule has 0 radical (unpaired) electrons. The Morgan fingerprint density at radius 1 is 1.17 bits per heavy atom. The number of rotatable bonds is 6. The average molecular weight is 312 g/mol. The number of hydrogen-bond donors (Lipinski definition) is 1. The summed E-state index contributed by atoms with van der Waals surface area (Å²) in [6.07, 6.45) is 1.98. The number of carbonyl (C=O) groups excluding carboxylic acids is 1. The lowest BCUT2D eigenvalue weighted by molar-refractivity contribution is 0.1000. The number of nitrogens with zero attached hydrogens (tertiary/aromatic N) is 1. The van der Waals surface area contributed by atoms with E-state index in [0.29, 0.717) is 11.5 Å². The summed E-state index contributed by atoms with van der Waals surface area (Å²) in [6, 6.07) is 8.34. The number of hydrogen-bond acceptors (Lipinski definition) is 1. The van der Waals surface area contributed by atoms with Crippen molar-refractivity contribution in [3.05, 3.63) is 46.8 Å². The van der Waals surface area contributed by atoms with Crippen molar-refractivity contribution < 1.29 is 4.79 Å². The van der Waals surface area contributed by atoms with Gasteiger partial charge >= 0.3 is 0 Å². The van der Waals surface area contributed by atoms with E-state index in [1.54, 1.807) is 0 Å². The molecule has 1 heterocycles. The smallest absolute Gasteiger partial charge is 0.251 e. The van der Waals surface area contributed by atoms with Crippen LogP contribution in [0, 0.1) is 19.8 Å². The van der Waals surface area contributed by atoms with Crippen LogP contribution < -0.4 is 5.73 Å². The lowest BCUT2D eigenvalue weighted by atomic mass is 9.98. The van der Waals surface area contributed by atoms with Crippen LogP contribution >= 0.6 is 0 Å². The summed E-state index contributed by atoms with van der Waals surface area (Å²) in [4.78, 5) is 12.1. The highest BCUT2D eigenvalue weighted by molar-refractivity contribution is 6.02. The molecule has 1 aromatic carbocycles. The minimum atomic E-state index is -0.337. The maximum absolute atomic E-state index is 12.1. The van der Waals surface area contributed by atoms with E-state index in [0.717, 1.165) is 36.2 Å². The lowest BCUT2D eigenvalue weighted by Gasteiger charge is -2.13. The third-order valence-corrected chi connectivity index (χ3v) is 4.48. The van der Waals surface area contributed by atoms with Crippen LogP contribution in [-0.2, 0) is 13.0 Å². The number of primary amides is 1. The Bertz CT molecular complexity index is 693. The van der Waals surface area contributed by atoms with Gasteiger partial charge in [-0.3, -0.25) is 4.79 Å². The molecular weight excluding hydrogens is 284 g/mol. The molecular formula is C20H28N2O. The van der Waals surface area contributed by atoms with Gasteiger partial charge in [-0.05, 0) is 38.2 Å². The molecule has 2 rings (SSSR count). The van der Waals surface area contributed by atoms with Crippen LogP contribution in [0.25, 0.3) is 11.1 Å². The van der Waals surface area contributed by atoms with Gasteiger partial charge in [-0.15, -0.1) is 0 Å². The van der Waals surface area contributed by atoms with Crippen molar-refractivity contribution in [2.45, 2.75) is 54.0 Å². The van der Waals surface area contributed by atoms with Crippen LogP contribution in [0.15, 0.2) is 24.3 Å². The molecule has 1 amide bonds. The molecule has 0 fully saturated rings. The lowest BCUT2D eigenvalue weighted by Crippen LogP contribution is -2.13. The van der Waals surface area contributed by atoms with E-state index in [-0.39, 0.29) is 5.91 Å². The van der Waals surface area contributed by atoms with Crippen LogP contribution in [0.5, 0.6) is 0 Å². The Hall–Kier alpha value is -2.03. The first-order valence-corrected chi connectivity index (χ1v) is 8.45. The van der Waals surface area contributed by atoms with Gasteiger partial charge in [0, 0.05) is 23.5 Å². The highest BCUT2D eigenvalue weighted by Gasteiger charge is 2.23. The number of nitrogens with two attached hydrogens (primary N) is 1. The molecule has 23 heavy (non-hydrogen) atoms. The maximum atomic E-state index is 12.1. The SMILES string of the molecule is CCc1c(-c2ccc(C)cc2)c(C(N)=O)c(C)n1CCC(C)C. The maximum Gasteiger partial charge on any atom is 0.251 e. The summed E-state index contributed by atoms with van der Waals surface area (Å²) in [5.74, 6) is 0.289. The fourth-order valence-corrected chi connectivity index (χ4v) is 3.19. The van der Waals surface area contributed by atoms with Gasteiger partial charge in [0.1, 0.15) is 0 Å². The van der Waals surface area contributed by atoms with Crippen molar-refractivity contribution in [3.8, 4) is 11.1 Å². The Balaban J connectivity index is 2.65. The zero-order valence-corrected chi connectivity index (χ0v) is 14.9. The minimum Gasteiger partial charge on any atom is -0.366 e. The third kappa shape index (κ3) is 3.49. The minimum absolute atomic E-state index is 0.337. The molecule has 3 nitrogen and oxygen atoms in total. The summed E-state index contributed by atoms with van der Waals surface area (Å²) in [5, 5.41) is 0. The zero-order chi connectivity index (χ0) is 17.1. The van der Waals surface area contributed by atoms with Gasteiger partial charge in [0.05, 0.1) is 5.56 Å². The number of aromatic nitrogens is 1. The van der Waals surface area contributed by atoms with E-state index in [1.807, 2.05) is 6.92 Å². The van der Waals surface area contributed by atoms with Crippen molar-refractivity contribution >= 4 is 5.91 Å². The number of amides is 1. The van der Waals surface area contributed by atoms with Crippen molar-refractivity contribution in [1.82, 2.24) is 4.57 Å². The molecule has 0 aliphatic carbocycles. The van der Waals surface area contributed by atoms with E-state index in [4.69, 9.17) is 5.73 Å². The van der Waals surface area contributed by atoms with Crippen molar-refractivity contribution in [1.29, 1.82) is 0 Å². The molecule has 0 saturated heterocycles. The average Bonchev–Trinajstić information content (AvgIpc) is 2.78. The van der Waals surface area contributed by atoms with Gasteiger partial charge < -0.3 is 10.3 Å². The Morgan fingerprint density at radius 2 is 1.78 bits per heavy atom. The second kappa shape index (κ2) is 7.03.